The van der Waals surface area contributed by atoms with Crippen LogP contribution in [0.25, 0.3) is 0 Å². The van der Waals surface area contributed by atoms with E-state index >= 15 is 0 Å². The fourth-order valence-corrected chi connectivity index (χ4v) is 1.75. The molecule has 2 unspecified atom stereocenters. The zero-order chi connectivity index (χ0) is 18.0. The molecule has 134 valence electrons. The Kier molecular flexibility index (Phi) is 14.7. The number of hydrogen-bond donors (Lipinski definition) is 3. The Hall–Kier alpha value is -1.91. The SMILES string of the molecule is CCC(O)/C=C/C=C\CC/C=C/C=C/C=C\C(O)CCCC(=O)O. The van der Waals surface area contributed by atoms with E-state index < -0.39 is 12.1 Å². The molecule has 0 aliphatic heterocycles. The molecule has 0 aromatic carbocycles. The van der Waals surface area contributed by atoms with Crippen LogP contribution in [0.2, 0.25) is 0 Å². The molecule has 0 bridgehead atoms. The maximum absolute atomic E-state index is 10.3. The van der Waals surface area contributed by atoms with Crippen molar-refractivity contribution in [1.82, 2.24) is 0 Å². The van der Waals surface area contributed by atoms with Gasteiger partial charge in [0.05, 0.1) is 12.2 Å². The highest BCUT2D eigenvalue weighted by Gasteiger charge is 2.01. The molecule has 4 nitrogen and oxygen atoms in total. The summed E-state index contributed by atoms with van der Waals surface area (Å²) in [6.07, 6.45) is 21.5. The first-order chi connectivity index (χ1) is 11.6. The first kappa shape index (κ1) is 22.1. The van der Waals surface area contributed by atoms with E-state index in [4.69, 9.17) is 5.11 Å². The van der Waals surface area contributed by atoms with Crippen LogP contribution in [0.4, 0.5) is 0 Å². The summed E-state index contributed by atoms with van der Waals surface area (Å²) in [7, 11) is 0. The van der Waals surface area contributed by atoms with Gasteiger partial charge < -0.3 is 15.3 Å². The lowest BCUT2D eigenvalue weighted by atomic mass is 10.1. The third kappa shape index (κ3) is 16.5. The van der Waals surface area contributed by atoms with Crippen molar-refractivity contribution in [3.8, 4) is 0 Å². The number of aliphatic hydroxyl groups is 2. The van der Waals surface area contributed by atoms with Gasteiger partial charge in [0.15, 0.2) is 0 Å². The Balaban J connectivity index is 3.73. The van der Waals surface area contributed by atoms with Crippen molar-refractivity contribution in [2.24, 2.45) is 0 Å². The molecule has 0 aliphatic rings. The Morgan fingerprint density at radius 3 is 2.04 bits per heavy atom. The van der Waals surface area contributed by atoms with Crippen LogP contribution in [-0.4, -0.2) is 33.5 Å². The van der Waals surface area contributed by atoms with E-state index in [-0.39, 0.29) is 12.5 Å². The van der Waals surface area contributed by atoms with E-state index in [0.29, 0.717) is 12.8 Å². The molecule has 0 heterocycles. The standard InChI is InChI=1S/C20H30O4/c1-2-18(21)14-11-9-7-5-3-4-6-8-10-12-15-19(22)16-13-17-20(23)24/h4,6-12,14-15,18-19,21-22H,2-3,5,13,16-17H2,1H3,(H,23,24)/b6-4+,9-7-,10-8+,14-11+,15-12-. The molecule has 0 fully saturated rings. The van der Waals surface area contributed by atoms with Gasteiger partial charge in [-0.3, -0.25) is 4.79 Å². The lowest BCUT2D eigenvalue weighted by Gasteiger charge is -2.02. The van der Waals surface area contributed by atoms with E-state index in [0.717, 1.165) is 19.3 Å². The van der Waals surface area contributed by atoms with E-state index in [1.165, 1.54) is 0 Å². The first-order valence-corrected chi connectivity index (χ1v) is 8.47. The lowest BCUT2D eigenvalue weighted by Crippen LogP contribution is -2.03. The van der Waals surface area contributed by atoms with Gasteiger partial charge >= 0.3 is 5.97 Å². The molecule has 2 atom stereocenters. The topological polar surface area (TPSA) is 77.8 Å². The predicted molar refractivity (Wildman–Crippen MR) is 98.7 cm³/mol. The van der Waals surface area contributed by atoms with Crippen molar-refractivity contribution in [1.29, 1.82) is 0 Å². The molecule has 0 amide bonds. The number of carbonyl (C=O) groups is 1. The summed E-state index contributed by atoms with van der Waals surface area (Å²) >= 11 is 0. The Morgan fingerprint density at radius 2 is 1.42 bits per heavy atom. The average Bonchev–Trinajstić information content (AvgIpc) is 2.55. The van der Waals surface area contributed by atoms with Gasteiger partial charge in [-0.25, -0.2) is 0 Å². The van der Waals surface area contributed by atoms with E-state index in [1.807, 2.05) is 37.3 Å². The van der Waals surface area contributed by atoms with Gasteiger partial charge in [-0.05, 0) is 32.1 Å². The third-order valence-electron chi connectivity index (χ3n) is 3.19. The van der Waals surface area contributed by atoms with E-state index in [9.17, 15) is 15.0 Å². The third-order valence-corrected chi connectivity index (χ3v) is 3.19. The highest BCUT2D eigenvalue weighted by atomic mass is 16.4. The lowest BCUT2D eigenvalue weighted by molar-refractivity contribution is -0.137. The van der Waals surface area contributed by atoms with Crippen molar-refractivity contribution in [2.75, 3.05) is 0 Å². The van der Waals surface area contributed by atoms with Crippen molar-refractivity contribution in [3.63, 3.8) is 0 Å². The van der Waals surface area contributed by atoms with E-state index in [1.54, 1.807) is 18.2 Å². The molecule has 0 saturated heterocycles. The van der Waals surface area contributed by atoms with Crippen LogP contribution >= 0.6 is 0 Å². The number of aliphatic hydroxyl groups excluding tert-OH is 2. The van der Waals surface area contributed by atoms with Crippen molar-refractivity contribution >= 4 is 5.97 Å². The first-order valence-electron chi connectivity index (χ1n) is 8.47. The largest absolute Gasteiger partial charge is 0.481 e. The van der Waals surface area contributed by atoms with Gasteiger partial charge in [0.25, 0.3) is 0 Å². The van der Waals surface area contributed by atoms with Crippen LogP contribution in [0.1, 0.15) is 45.4 Å². The number of rotatable bonds is 13. The molecular weight excluding hydrogens is 304 g/mol. The molecule has 0 aromatic heterocycles. The molecule has 3 N–H and O–H groups in total. The van der Waals surface area contributed by atoms with Crippen LogP contribution in [-0.2, 0) is 4.79 Å². The summed E-state index contributed by atoms with van der Waals surface area (Å²) < 4.78 is 0. The Labute approximate surface area is 145 Å². The second kappa shape index (κ2) is 16.0. The van der Waals surface area contributed by atoms with Crippen LogP contribution in [0.5, 0.6) is 0 Å². The summed E-state index contributed by atoms with van der Waals surface area (Å²) in [5.41, 5.74) is 0. The van der Waals surface area contributed by atoms with Gasteiger partial charge in [-0.1, -0.05) is 67.7 Å². The summed E-state index contributed by atoms with van der Waals surface area (Å²) in [6, 6.07) is 0. The predicted octanol–water partition coefficient (Wildman–Crippen LogP) is 3.93. The Morgan fingerprint density at radius 1 is 0.875 bits per heavy atom. The summed E-state index contributed by atoms with van der Waals surface area (Å²) in [4.78, 5) is 10.3. The van der Waals surface area contributed by atoms with Gasteiger partial charge in [0, 0.05) is 6.42 Å². The number of hydrogen-bond acceptors (Lipinski definition) is 3. The maximum atomic E-state index is 10.3. The average molecular weight is 334 g/mol. The number of carboxylic acid groups (broad SMARTS) is 1. The second-order valence-corrected chi connectivity index (χ2v) is 5.42. The fourth-order valence-electron chi connectivity index (χ4n) is 1.75. The molecule has 24 heavy (non-hydrogen) atoms. The minimum Gasteiger partial charge on any atom is -0.481 e. The smallest absolute Gasteiger partial charge is 0.303 e. The van der Waals surface area contributed by atoms with Crippen molar-refractivity contribution < 1.29 is 20.1 Å². The van der Waals surface area contributed by atoms with Gasteiger partial charge in [0.2, 0.25) is 0 Å². The summed E-state index contributed by atoms with van der Waals surface area (Å²) in [5.74, 6) is -0.833. The van der Waals surface area contributed by atoms with Crippen LogP contribution in [0.15, 0.2) is 60.8 Å². The Bertz CT molecular complexity index is 458. The summed E-state index contributed by atoms with van der Waals surface area (Å²) in [6.45, 7) is 1.94. The van der Waals surface area contributed by atoms with Crippen LogP contribution < -0.4 is 0 Å². The fraction of sp³-hybridized carbons (Fsp3) is 0.450. The maximum Gasteiger partial charge on any atom is 0.303 e. The number of carboxylic acids is 1. The van der Waals surface area contributed by atoms with Crippen LogP contribution in [0, 0.1) is 0 Å². The van der Waals surface area contributed by atoms with Crippen LogP contribution in [0.3, 0.4) is 0 Å². The quantitative estimate of drug-likeness (QED) is 0.352. The normalized spacial score (nSPS) is 15.5. The molecular formula is C20H30O4. The van der Waals surface area contributed by atoms with Gasteiger partial charge in [0.1, 0.15) is 0 Å². The molecule has 0 spiro atoms. The molecule has 4 heteroatoms. The highest BCUT2D eigenvalue weighted by Crippen LogP contribution is 2.02. The highest BCUT2D eigenvalue weighted by molar-refractivity contribution is 5.66. The molecule has 0 radical (unpaired) electrons. The zero-order valence-corrected chi connectivity index (χ0v) is 14.4. The van der Waals surface area contributed by atoms with Crippen molar-refractivity contribution in [3.05, 3.63) is 60.8 Å². The monoisotopic (exact) mass is 334 g/mol. The molecule has 0 aromatic rings. The van der Waals surface area contributed by atoms with Crippen molar-refractivity contribution in [2.45, 2.75) is 57.7 Å². The molecule has 0 rings (SSSR count). The van der Waals surface area contributed by atoms with Gasteiger partial charge in [-0.2, -0.15) is 0 Å². The number of allylic oxidation sites excluding steroid dienone is 8. The van der Waals surface area contributed by atoms with E-state index in [2.05, 4.69) is 12.2 Å². The number of unbranched alkanes of at least 4 members (excludes halogenated alkanes) is 1. The summed E-state index contributed by atoms with van der Waals surface area (Å²) in [5, 5.41) is 27.4. The molecule has 0 aliphatic carbocycles. The number of aliphatic carboxylic acids is 1. The zero-order valence-electron chi connectivity index (χ0n) is 14.4. The van der Waals surface area contributed by atoms with Gasteiger partial charge in [-0.15, -0.1) is 0 Å². The minimum atomic E-state index is -0.833. The molecule has 0 saturated carbocycles. The second-order valence-electron chi connectivity index (χ2n) is 5.42. The minimum absolute atomic E-state index is 0.0902.